The van der Waals surface area contributed by atoms with Gasteiger partial charge in [-0.2, -0.15) is 0 Å². The second kappa shape index (κ2) is 8.81. The minimum atomic E-state index is -0.943. The first-order chi connectivity index (χ1) is 17.0. The number of para-hydroxylation sites is 1. The van der Waals surface area contributed by atoms with E-state index >= 15 is 0 Å². The van der Waals surface area contributed by atoms with Gasteiger partial charge in [0.2, 0.25) is 5.91 Å². The fourth-order valence-electron chi connectivity index (χ4n) is 6.38. The third-order valence-electron chi connectivity index (χ3n) is 8.29. The summed E-state index contributed by atoms with van der Waals surface area (Å²) in [5.41, 5.74) is 3.95. The maximum absolute atomic E-state index is 13.9. The number of aliphatic carboxylic acids is 1. The highest BCUT2D eigenvalue weighted by Crippen LogP contribution is 2.53. The molecule has 0 unspecified atom stereocenters. The average Bonchev–Trinajstić information content (AvgIpc) is 3.81. The summed E-state index contributed by atoms with van der Waals surface area (Å²) in [4.78, 5) is 42.4. The number of hydrogen-bond donors (Lipinski definition) is 1. The summed E-state index contributed by atoms with van der Waals surface area (Å²) in [6.07, 6.45) is 7.18. The van der Waals surface area contributed by atoms with Gasteiger partial charge in [0.05, 0.1) is 12.5 Å². The van der Waals surface area contributed by atoms with Crippen LogP contribution in [0.1, 0.15) is 91.2 Å². The molecule has 3 aliphatic carbocycles. The molecule has 2 amide bonds. The molecule has 0 spiro atoms. The molecule has 0 radical (unpaired) electrons. The Bertz CT molecular complexity index is 1150. The molecule has 1 aliphatic heterocycles. The van der Waals surface area contributed by atoms with Gasteiger partial charge in [-0.25, -0.2) is 0 Å². The number of anilines is 1. The largest absolute Gasteiger partial charge is 0.481 e. The first-order valence-corrected chi connectivity index (χ1v) is 13.1. The van der Waals surface area contributed by atoms with Crippen molar-refractivity contribution in [3.63, 3.8) is 0 Å². The maximum Gasteiger partial charge on any atom is 0.303 e. The zero-order valence-electron chi connectivity index (χ0n) is 19.9. The number of carbonyl (C=O) groups is 3. The number of carbonyl (C=O) groups excluding carboxylic acids is 2. The Morgan fingerprint density at radius 3 is 2.31 bits per heavy atom. The summed E-state index contributed by atoms with van der Waals surface area (Å²) in [6.45, 7) is 0. The van der Waals surface area contributed by atoms with E-state index in [1.807, 2.05) is 40.1 Å². The van der Waals surface area contributed by atoms with E-state index in [9.17, 15) is 14.4 Å². The minimum Gasteiger partial charge on any atom is -0.481 e. The standard InChI is InChI=1S/C29H32N2O4/c32-26(16-17-27(33)34)30(21-14-15-21)28-22-4-1-2-6-24(22)31(25-7-3-5-23(25)28)29(35)20-12-10-19(11-13-20)18-8-9-18/h1-2,4,6,10-13,18,21,23,25,28H,3,5,7-9,14-17H2,(H,33,34)/t23-,25+,28-/m0/s1. The molecule has 182 valence electrons. The molecule has 0 bridgehead atoms. The molecule has 0 saturated heterocycles. The van der Waals surface area contributed by atoms with Crippen molar-refractivity contribution in [2.45, 2.75) is 81.8 Å². The lowest BCUT2D eigenvalue weighted by molar-refractivity contribution is -0.142. The molecular formula is C29H32N2O4. The Morgan fingerprint density at radius 2 is 1.63 bits per heavy atom. The van der Waals surface area contributed by atoms with Crippen molar-refractivity contribution in [3.05, 3.63) is 65.2 Å². The van der Waals surface area contributed by atoms with Crippen LogP contribution in [0.15, 0.2) is 48.5 Å². The molecule has 1 N–H and O–H groups in total. The highest BCUT2D eigenvalue weighted by Gasteiger charge is 2.51. The summed E-state index contributed by atoms with van der Waals surface area (Å²) in [7, 11) is 0. The lowest BCUT2D eigenvalue weighted by Crippen LogP contribution is -2.52. The van der Waals surface area contributed by atoms with Crippen LogP contribution in [-0.2, 0) is 9.59 Å². The van der Waals surface area contributed by atoms with Gasteiger partial charge in [0.1, 0.15) is 0 Å². The predicted octanol–water partition coefficient (Wildman–Crippen LogP) is 5.29. The molecular weight excluding hydrogens is 440 g/mol. The molecule has 6 nitrogen and oxygen atoms in total. The lowest BCUT2D eigenvalue weighted by atomic mass is 9.81. The topological polar surface area (TPSA) is 77.9 Å². The van der Waals surface area contributed by atoms with E-state index in [-0.39, 0.29) is 48.7 Å². The molecule has 6 rings (SSSR count). The summed E-state index contributed by atoms with van der Waals surface area (Å²) in [5, 5.41) is 9.16. The quantitative estimate of drug-likeness (QED) is 0.594. The van der Waals surface area contributed by atoms with Crippen LogP contribution in [0, 0.1) is 5.92 Å². The first-order valence-electron chi connectivity index (χ1n) is 13.1. The van der Waals surface area contributed by atoms with E-state index in [0.29, 0.717) is 11.5 Å². The van der Waals surface area contributed by atoms with Crippen LogP contribution >= 0.6 is 0 Å². The van der Waals surface area contributed by atoms with Gasteiger partial charge in [0.25, 0.3) is 5.91 Å². The number of benzene rings is 2. The van der Waals surface area contributed by atoms with Gasteiger partial charge in [-0.3, -0.25) is 14.4 Å². The molecule has 3 saturated carbocycles. The van der Waals surface area contributed by atoms with E-state index in [1.54, 1.807) is 0 Å². The van der Waals surface area contributed by atoms with E-state index in [0.717, 1.165) is 43.4 Å². The number of hydrogen-bond acceptors (Lipinski definition) is 3. The second-order valence-electron chi connectivity index (χ2n) is 10.7. The van der Waals surface area contributed by atoms with E-state index in [4.69, 9.17) is 5.11 Å². The van der Waals surface area contributed by atoms with Gasteiger partial charge in [0.15, 0.2) is 0 Å². The van der Waals surface area contributed by atoms with Gasteiger partial charge in [-0.1, -0.05) is 36.8 Å². The van der Waals surface area contributed by atoms with Crippen molar-refractivity contribution in [2.75, 3.05) is 4.90 Å². The summed E-state index contributed by atoms with van der Waals surface area (Å²) < 4.78 is 0. The monoisotopic (exact) mass is 472 g/mol. The fraction of sp³-hybridized carbons (Fsp3) is 0.483. The predicted molar refractivity (Wildman–Crippen MR) is 132 cm³/mol. The van der Waals surface area contributed by atoms with Crippen LogP contribution in [-0.4, -0.2) is 39.9 Å². The van der Waals surface area contributed by atoms with Crippen LogP contribution < -0.4 is 4.90 Å². The summed E-state index contributed by atoms with van der Waals surface area (Å²) in [6, 6.07) is 16.3. The van der Waals surface area contributed by atoms with Crippen molar-refractivity contribution in [3.8, 4) is 0 Å². The number of nitrogens with zero attached hydrogens (tertiary/aromatic N) is 2. The van der Waals surface area contributed by atoms with Gasteiger partial charge in [-0.15, -0.1) is 0 Å². The van der Waals surface area contributed by atoms with Crippen molar-refractivity contribution < 1.29 is 19.5 Å². The average molecular weight is 473 g/mol. The van der Waals surface area contributed by atoms with Crippen LogP contribution in [0.25, 0.3) is 0 Å². The first kappa shape index (κ1) is 22.3. The Morgan fingerprint density at radius 1 is 0.886 bits per heavy atom. The fourth-order valence-corrected chi connectivity index (χ4v) is 6.38. The Kier molecular flexibility index (Phi) is 5.62. The maximum atomic E-state index is 13.9. The van der Waals surface area contributed by atoms with E-state index in [1.165, 1.54) is 18.4 Å². The van der Waals surface area contributed by atoms with Crippen molar-refractivity contribution >= 4 is 23.5 Å². The molecule has 0 aromatic heterocycles. The number of rotatable bonds is 7. The summed E-state index contributed by atoms with van der Waals surface area (Å²) in [5.74, 6) is -0.168. The molecule has 4 aliphatic rings. The highest BCUT2D eigenvalue weighted by atomic mass is 16.4. The molecule has 2 aromatic carbocycles. The zero-order chi connectivity index (χ0) is 24.1. The number of carboxylic acid groups (broad SMARTS) is 1. The number of carboxylic acids is 1. The third-order valence-corrected chi connectivity index (χ3v) is 8.29. The van der Waals surface area contributed by atoms with E-state index < -0.39 is 5.97 Å². The van der Waals surface area contributed by atoms with Crippen molar-refractivity contribution in [1.82, 2.24) is 4.90 Å². The normalized spacial score (nSPS) is 25.0. The highest BCUT2D eigenvalue weighted by molar-refractivity contribution is 6.07. The molecule has 3 fully saturated rings. The van der Waals surface area contributed by atoms with Crippen molar-refractivity contribution in [2.24, 2.45) is 5.92 Å². The van der Waals surface area contributed by atoms with E-state index in [2.05, 4.69) is 18.2 Å². The van der Waals surface area contributed by atoms with Crippen LogP contribution in [0.2, 0.25) is 0 Å². The lowest BCUT2D eigenvalue weighted by Gasteiger charge is -2.48. The minimum absolute atomic E-state index is 0.0257. The molecule has 2 aromatic rings. The van der Waals surface area contributed by atoms with Crippen LogP contribution in [0.5, 0.6) is 0 Å². The number of amides is 2. The summed E-state index contributed by atoms with van der Waals surface area (Å²) >= 11 is 0. The zero-order valence-corrected chi connectivity index (χ0v) is 19.9. The molecule has 3 atom stereocenters. The SMILES string of the molecule is O=C(O)CCC(=O)N(C1CC1)[C@H]1c2ccccc2N(C(=O)c2ccc(C3CC3)cc2)[C@@H]2CCC[C@@H]21. The molecule has 6 heteroatoms. The van der Waals surface area contributed by atoms with Crippen LogP contribution in [0.3, 0.4) is 0 Å². The van der Waals surface area contributed by atoms with Gasteiger partial charge >= 0.3 is 5.97 Å². The Balaban J connectivity index is 1.37. The number of fused-ring (bicyclic) bond motifs is 2. The molecule has 35 heavy (non-hydrogen) atoms. The van der Waals surface area contributed by atoms with Crippen molar-refractivity contribution in [1.29, 1.82) is 0 Å². The Hall–Kier alpha value is -3.15. The third kappa shape index (κ3) is 4.13. The van der Waals surface area contributed by atoms with Gasteiger partial charge in [0, 0.05) is 35.7 Å². The smallest absolute Gasteiger partial charge is 0.303 e. The van der Waals surface area contributed by atoms with Gasteiger partial charge < -0.3 is 14.9 Å². The van der Waals surface area contributed by atoms with Crippen LogP contribution in [0.4, 0.5) is 5.69 Å². The molecule has 1 heterocycles. The second-order valence-corrected chi connectivity index (χ2v) is 10.7. The Labute approximate surface area is 205 Å². The van der Waals surface area contributed by atoms with Gasteiger partial charge in [-0.05, 0) is 73.8 Å².